The van der Waals surface area contributed by atoms with Crippen molar-refractivity contribution in [3.63, 3.8) is 0 Å². The third-order valence-corrected chi connectivity index (χ3v) is 2.74. The molecule has 1 aromatic carbocycles. The zero-order chi connectivity index (χ0) is 14.0. The first kappa shape index (κ1) is 12.8. The molecule has 1 heterocycles. The number of aromatic amines is 1. The van der Waals surface area contributed by atoms with Gasteiger partial charge in [-0.05, 0) is 6.07 Å². The SMILES string of the molecule is C#CCn1c(=O)[nH]c2cc(OC)c(OC)cc2c1=O. The second kappa shape index (κ2) is 4.90. The van der Waals surface area contributed by atoms with Crippen LogP contribution in [0.25, 0.3) is 10.9 Å². The number of rotatable bonds is 3. The Morgan fingerprint density at radius 1 is 1.26 bits per heavy atom. The van der Waals surface area contributed by atoms with Crippen LogP contribution in [-0.4, -0.2) is 23.8 Å². The number of ether oxygens (including phenoxy) is 2. The number of terminal acetylenes is 1. The molecule has 0 atom stereocenters. The van der Waals surface area contributed by atoms with Crippen LogP contribution < -0.4 is 20.7 Å². The third-order valence-electron chi connectivity index (χ3n) is 2.74. The summed E-state index contributed by atoms with van der Waals surface area (Å²) in [5.74, 6) is 3.11. The van der Waals surface area contributed by atoms with Crippen molar-refractivity contribution in [3.8, 4) is 23.8 Å². The van der Waals surface area contributed by atoms with Crippen LogP contribution in [0.5, 0.6) is 11.5 Å². The maximum atomic E-state index is 12.2. The summed E-state index contributed by atoms with van der Waals surface area (Å²) in [7, 11) is 2.94. The Morgan fingerprint density at radius 3 is 2.47 bits per heavy atom. The highest BCUT2D eigenvalue weighted by molar-refractivity contribution is 5.81. The number of fused-ring (bicyclic) bond motifs is 1. The molecule has 19 heavy (non-hydrogen) atoms. The van der Waals surface area contributed by atoms with Crippen molar-refractivity contribution in [2.24, 2.45) is 0 Å². The monoisotopic (exact) mass is 260 g/mol. The van der Waals surface area contributed by atoms with Gasteiger partial charge in [-0.1, -0.05) is 5.92 Å². The highest BCUT2D eigenvalue weighted by Crippen LogP contribution is 2.29. The average molecular weight is 260 g/mol. The van der Waals surface area contributed by atoms with Crippen LogP contribution in [0.2, 0.25) is 0 Å². The summed E-state index contributed by atoms with van der Waals surface area (Å²) in [5, 5.41) is 0.313. The Hall–Kier alpha value is -2.68. The van der Waals surface area contributed by atoms with Crippen molar-refractivity contribution in [2.75, 3.05) is 14.2 Å². The van der Waals surface area contributed by atoms with E-state index in [1.807, 2.05) is 0 Å². The minimum absolute atomic E-state index is 0.0849. The van der Waals surface area contributed by atoms with Gasteiger partial charge in [0.2, 0.25) is 0 Å². The molecule has 0 fully saturated rings. The standard InChI is InChI=1S/C13H12N2O4/c1-4-5-15-12(16)8-6-10(18-2)11(19-3)7-9(8)14-13(15)17/h1,6-7H,5H2,2-3H3,(H,14,17). The lowest BCUT2D eigenvalue weighted by molar-refractivity contribution is 0.355. The largest absolute Gasteiger partial charge is 0.493 e. The van der Waals surface area contributed by atoms with E-state index in [0.29, 0.717) is 22.4 Å². The summed E-state index contributed by atoms with van der Waals surface area (Å²) in [6, 6.07) is 3.05. The molecule has 6 heteroatoms. The normalized spacial score (nSPS) is 10.2. The van der Waals surface area contributed by atoms with E-state index in [-0.39, 0.29) is 6.54 Å². The maximum absolute atomic E-state index is 12.2. The van der Waals surface area contributed by atoms with Crippen molar-refractivity contribution >= 4 is 10.9 Å². The predicted octanol–water partition coefficient (Wildman–Crippen LogP) is 0.340. The molecule has 0 aliphatic carbocycles. The van der Waals surface area contributed by atoms with Gasteiger partial charge in [0.05, 0.1) is 31.7 Å². The molecule has 2 aromatic rings. The molecule has 0 spiro atoms. The first-order chi connectivity index (χ1) is 9.12. The van der Waals surface area contributed by atoms with Gasteiger partial charge in [-0.2, -0.15) is 0 Å². The molecule has 1 N–H and O–H groups in total. The van der Waals surface area contributed by atoms with Gasteiger partial charge in [-0.3, -0.25) is 4.79 Å². The summed E-state index contributed by atoms with van der Waals surface area (Å²) in [6.07, 6.45) is 5.14. The Kier molecular flexibility index (Phi) is 3.29. The number of benzene rings is 1. The number of nitrogens with zero attached hydrogens (tertiary/aromatic N) is 1. The number of H-pyrrole nitrogens is 1. The van der Waals surface area contributed by atoms with Crippen LogP contribution in [0.1, 0.15) is 0 Å². The zero-order valence-electron chi connectivity index (χ0n) is 10.5. The van der Waals surface area contributed by atoms with E-state index in [2.05, 4.69) is 10.9 Å². The number of aromatic nitrogens is 2. The highest BCUT2D eigenvalue weighted by Gasteiger charge is 2.12. The number of hydrogen-bond donors (Lipinski definition) is 1. The van der Waals surface area contributed by atoms with Gasteiger partial charge in [-0.25, -0.2) is 9.36 Å². The Morgan fingerprint density at radius 2 is 1.89 bits per heavy atom. The number of methoxy groups -OCH3 is 2. The van der Waals surface area contributed by atoms with Crippen LogP contribution in [0.15, 0.2) is 21.7 Å². The van der Waals surface area contributed by atoms with Gasteiger partial charge >= 0.3 is 5.69 Å². The van der Waals surface area contributed by atoms with Crippen LogP contribution in [0.4, 0.5) is 0 Å². The van der Waals surface area contributed by atoms with Crippen molar-refractivity contribution in [2.45, 2.75) is 6.54 Å². The van der Waals surface area contributed by atoms with E-state index in [0.717, 1.165) is 4.57 Å². The van der Waals surface area contributed by atoms with E-state index >= 15 is 0 Å². The summed E-state index contributed by atoms with van der Waals surface area (Å²) >= 11 is 0. The minimum Gasteiger partial charge on any atom is -0.493 e. The third kappa shape index (κ3) is 2.06. The van der Waals surface area contributed by atoms with Crippen LogP contribution in [0.3, 0.4) is 0 Å². The molecular formula is C13H12N2O4. The van der Waals surface area contributed by atoms with Crippen LogP contribution >= 0.6 is 0 Å². The molecular weight excluding hydrogens is 248 g/mol. The lowest BCUT2D eigenvalue weighted by Gasteiger charge is -2.09. The first-order valence-electron chi connectivity index (χ1n) is 5.44. The molecule has 98 valence electrons. The molecule has 0 aliphatic heterocycles. The molecule has 0 amide bonds. The molecule has 0 bridgehead atoms. The quantitative estimate of drug-likeness (QED) is 0.808. The molecule has 2 rings (SSSR count). The fraction of sp³-hybridized carbons (Fsp3) is 0.231. The molecule has 1 aromatic heterocycles. The lowest BCUT2D eigenvalue weighted by atomic mass is 10.2. The molecule has 0 saturated heterocycles. The Bertz CT molecular complexity index is 780. The number of hydrogen-bond acceptors (Lipinski definition) is 4. The first-order valence-corrected chi connectivity index (χ1v) is 5.44. The maximum Gasteiger partial charge on any atom is 0.329 e. The second-order valence-corrected chi connectivity index (χ2v) is 3.78. The molecule has 0 saturated carbocycles. The number of nitrogens with one attached hydrogen (secondary N) is 1. The summed E-state index contributed by atoms with van der Waals surface area (Å²) < 4.78 is 11.2. The van der Waals surface area contributed by atoms with Gasteiger partial charge in [0.25, 0.3) is 5.56 Å². The van der Waals surface area contributed by atoms with Crippen LogP contribution in [0, 0.1) is 12.3 Å². The lowest BCUT2D eigenvalue weighted by Crippen LogP contribution is -2.34. The smallest absolute Gasteiger partial charge is 0.329 e. The second-order valence-electron chi connectivity index (χ2n) is 3.78. The van der Waals surface area contributed by atoms with Crippen molar-refractivity contribution in [3.05, 3.63) is 33.0 Å². The predicted molar refractivity (Wildman–Crippen MR) is 70.8 cm³/mol. The van der Waals surface area contributed by atoms with Gasteiger partial charge in [-0.15, -0.1) is 6.42 Å². The molecule has 0 radical (unpaired) electrons. The average Bonchev–Trinajstić information content (AvgIpc) is 2.42. The van der Waals surface area contributed by atoms with Crippen LogP contribution in [-0.2, 0) is 6.54 Å². The van der Waals surface area contributed by atoms with E-state index in [9.17, 15) is 9.59 Å². The Labute approximate surface area is 108 Å². The topological polar surface area (TPSA) is 73.3 Å². The molecule has 0 unspecified atom stereocenters. The fourth-order valence-corrected chi connectivity index (χ4v) is 1.81. The summed E-state index contributed by atoms with van der Waals surface area (Å²) in [5.41, 5.74) is -0.638. The van der Waals surface area contributed by atoms with E-state index in [1.165, 1.54) is 26.4 Å². The van der Waals surface area contributed by atoms with Gasteiger partial charge < -0.3 is 14.5 Å². The minimum atomic E-state index is -0.553. The van der Waals surface area contributed by atoms with Crippen molar-refractivity contribution in [1.29, 1.82) is 0 Å². The van der Waals surface area contributed by atoms with E-state index < -0.39 is 11.2 Å². The molecule has 0 aliphatic rings. The van der Waals surface area contributed by atoms with Gasteiger partial charge in [0.1, 0.15) is 0 Å². The van der Waals surface area contributed by atoms with E-state index in [4.69, 9.17) is 15.9 Å². The fourth-order valence-electron chi connectivity index (χ4n) is 1.81. The van der Waals surface area contributed by atoms with Crippen molar-refractivity contribution < 1.29 is 9.47 Å². The summed E-state index contributed by atoms with van der Waals surface area (Å²) in [6.45, 7) is -0.0849. The zero-order valence-corrected chi connectivity index (χ0v) is 10.5. The van der Waals surface area contributed by atoms with Gasteiger partial charge in [0, 0.05) is 6.07 Å². The Balaban J connectivity index is 2.87. The van der Waals surface area contributed by atoms with E-state index in [1.54, 1.807) is 0 Å². The summed E-state index contributed by atoms with van der Waals surface area (Å²) in [4.78, 5) is 26.5. The highest BCUT2D eigenvalue weighted by atomic mass is 16.5. The van der Waals surface area contributed by atoms with Crippen molar-refractivity contribution in [1.82, 2.24) is 9.55 Å². The molecule has 6 nitrogen and oxygen atoms in total. The van der Waals surface area contributed by atoms with Gasteiger partial charge in [0.15, 0.2) is 11.5 Å².